The third kappa shape index (κ3) is 9.86. The van der Waals surface area contributed by atoms with Crippen LogP contribution in [0.15, 0.2) is 0 Å². The van der Waals surface area contributed by atoms with Crippen molar-refractivity contribution < 1.29 is 4.74 Å². The van der Waals surface area contributed by atoms with E-state index >= 15 is 0 Å². The minimum atomic E-state index is -0.0350. The molecule has 0 aliphatic heterocycles. The Bertz CT molecular complexity index is 203. The van der Waals surface area contributed by atoms with Crippen molar-refractivity contribution in [3.63, 3.8) is 0 Å². The van der Waals surface area contributed by atoms with Gasteiger partial charge < -0.3 is 16.2 Å². The van der Waals surface area contributed by atoms with E-state index in [1.54, 1.807) is 0 Å². The average Bonchev–Trinajstić information content (AvgIpc) is 2.26. The lowest BCUT2D eigenvalue weighted by atomic mass is 9.84. The molecule has 0 aliphatic rings. The van der Waals surface area contributed by atoms with Gasteiger partial charge in [0.05, 0.1) is 5.60 Å². The molecule has 0 aromatic rings. The monoisotopic (exact) mass is 258 g/mol. The second-order valence-electron chi connectivity index (χ2n) is 6.66. The summed E-state index contributed by atoms with van der Waals surface area (Å²) in [5, 5.41) is 0. The molecule has 0 fully saturated rings. The Morgan fingerprint density at radius 2 is 1.39 bits per heavy atom. The SMILES string of the molecule is CC(C)(CCCCN)CCOC(C)(C)CCCN. The summed E-state index contributed by atoms with van der Waals surface area (Å²) in [6.07, 6.45) is 6.77. The first kappa shape index (κ1) is 17.9. The van der Waals surface area contributed by atoms with Gasteiger partial charge in [-0.2, -0.15) is 0 Å². The number of nitrogens with two attached hydrogens (primary N) is 2. The Kier molecular flexibility index (Phi) is 8.83. The van der Waals surface area contributed by atoms with Gasteiger partial charge in [-0.25, -0.2) is 0 Å². The quantitative estimate of drug-likeness (QED) is 0.560. The first-order valence-electron chi connectivity index (χ1n) is 7.37. The Morgan fingerprint density at radius 1 is 0.778 bits per heavy atom. The second-order valence-corrected chi connectivity index (χ2v) is 6.66. The summed E-state index contributed by atoms with van der Waals surface area (Å²) in [6, 6.07) is 0. The molecule has 0 saturated heterocycles. The fourth-order valence-electron chi connectivity index (χ4n) is 2.08. The molecule has 110 valence electrons. The molecule has 0 unspecified atom stereocenters. The Balaban J connectivity index is 3.79. The molecule has 0 aromatic heterocycles. The van der Waals surface area contributed by atoms with Crippen molar-refractivity contribution >= 4 is 0 Å². The molecule has 0 rings (SSSR count). The second kappa shape index (κ2) is 8.89. The maximum Gasteiger partial charge on any atom is 0.0627 e. The van der Waals surface area contributed by atoms with Gasteiger partial charge in [0.2, 0.25) is 0 Å². The van der Waals surface area contributed by atoms with Gasteiger partial charge in [0.15, 0.2) is 0 Å². The van der Waals surface area contributed by atoms with Crippen molar-refractivity contribution in [3.05, 3.63) is 0 Å². The van der Waals surface area contributed by atoms with Crippen LogP contribution in [0.5, 0.6) is 0 Å². The summed E-state index contributed by atoms with van der Waals surface area (Å²) < 4.78 is 5.99. The van der Waals surface area contributed by atoms with Crippen molar-refractivity contribution in [2.45, 2.75) is 71.8 Å². The molecule has 0 aromatic carbocycles. The van der Waals surface area contributed by atoms with Gasteiger partial charge >= 0.3 is 0 Å². The summed E-state index contributed by atoms with van der Waals surface area (Å²) in [5.41, 5.74) is 11.4. The first-order chi connectivity index (χ1) is 8.33. The van der Waals surface area contributed by atoms with Crippen LogP contribution in [-0.4, -0.2) is 25.3 Å². The third-order valence-electron chi connectivity index (χ3n) is 3.56. The fourth-order valence-corrected chi connectivity index (χ4v) is 2.08. The zero-order chi connectivity index (χ0) is 14.1. The van der Waals surface area contributed by atoms with E-state index in [4.69, 9.17) is 16.2 Å². The third-order valence-corrected chi connectivity index (χ3v) is 3.56. The molecule has 0 heterocycles. The lowest BCUT2D eigenvalue weighted by Gasteiger charge is -2.29. The minimum absolute atomic E-state index is 0.0350. The summed E-state index contributed by atoms with van der Waals surface area (Å²) in [5.74, 6) is 0. The van der Waals surface area contributed by atoms with E-state index in [2.05, 4.69) is 27.7 Å². The van der Waals surface area contributed by atoms with E-state index in [9.17, 15) is 0 Å². The van der Waals surface area contributed by atoms with Crippen LogP contribution in [0.2, 0.25) is 0 Å². The number of rotatable bonds is 11. The lowest BCUT2D eigenvalue weighted by molar-refractivity contribution is -0.0357. The van der Waals surface area contributed by atoms with Gasteiger partial charge in [-0.05, 0) is 64.5 Å². The van der Waals surface area contributed by atoms with Crippen LogP contribution in [0, 0.1) is 5.41 Å². The molecule has 18 heavy (non-hydrogen) atoms. The lowest BCUT2D eigenvalue weighted by Crippen LogP contribution is -2.27. The smallest absolute Gasteiger partial charge is 0.0627 e. The van der Waals surface area contributed by atoms with Crippen LogP contribution < -0.4 is 11.5 Å². The molecule has 0 bridgehead atoms. The van der Waals surface area contributed by atoms with E-state index in [0.717, 1.165) is 45.4 Å². The maximum atomic E-state index is 5.99. The van der Waals surface area contributed by atoms with Gasteiger partial charge in [0.1, 0.15) is 0 Å². The summed E-state index contributed by atoms with van der Waals surface area (Å²) in [7, 11) is 0. The topological polar surface area (TPSA) is 61.3 Å². The van der Waals surface area contributed by atoms with Crippen LogP contribution in [0.4, 0.5) is 0 Å². The van der Waals surface area contributed by atoms with Gasteiger partial charge in [-0.3, -0.25) is 0 Å². The first-order valence-corrected chi connectivity index (χ1v) is 7.37. The molecule has 4 N–H and O–H groups in total. The normalized spacial score (nSPS) is 13.0. The number of hydrogen-bond donors (Lipinski definition) is 2. The van der Waals surface area contributed by atoms with Crippen molar-refractivity contribution in [3.8, 4) is 0 Å². The highest BCUT2D eigenvalue weighted by Crippen LogP contribution is 2.28. The average molecular weight is 258 g/mol. The van der Waals surface area contributed by atoms with E-state index in [0.29, 0.717) is 5.41 Å². The Morgan fingerprint density at radius 3 is 1.94 bits per heavy atom. The van der Waals surface area contributed by atoms with Crippen molar-refractivity contribution in [1.29, 1.82) is 0 Å². The number of unbranched alkanes of at least 4 members (excludes halogenated alkanes) is 1. The highest BCUT2D eigenvalue weighted by atomic mass is 16.5. The van der Waals surface area contributed by atoms with Crippen LogP contribution >= 0.6 is 0 Å². The predicted octanol–water partition coefficient (Wildman–Crippen LogP) is 3.07. The van der Waals surface area contributed by atoms with Gasteiger partial charge in [-0.1, -0.05) is 20.3 Å². The van der Waals surface area contributed by atoms with Crippen LogP contribution in [0.3, 0.4) is 0 Å². The molecule has 3 nitrogen and oxygen atoms in total. The molecule has 0 atom stereocenters. The predicted molar refractivity (Wildman–Crippen MR) is 79.6 cm³/mol. The van der Waals surface area contributed by atoms with Gasteiger partial charge in [0, 0.05) is 6.61 Å². The minimum Gasteiger partial charge on any atom is -0.376 e. The molecular formula is C15H34N2O. The van der Waals surface area contributed by atoms with Crippen molar-refractivity contribution in [2.24, 2.45) is 16.9 Å². The van der Waals surface area contributed by atoms with Crippen LogP contribution in [-0.2, 0) is 4.74 Å². The molecule has 0 radical (unpaired) electrons. The summed E-state index contributed by atoms with van der Waals surface area (Å²) in [6.45, 7) is 11.3. The number of hydrogen-bond acceptors (Lipinski definition) is 3. The molecular weight excluding hydrogens is 224 g/mol. The molecule has 0 spiro atoms. The molecule has 0 saturated carbocycles. The largest absolute Gasteiger partial charge is 0.376 e. The molecule has 3 heteroatoms. The maximum absolute atomic E-state index is 5.99. The zero-order valence-corrected chi connectivity index (χ0v) is 12.9. The van der Waals surface area contributed by atoms with E-state index in [-0.39, 0.29) is 5.60 Å². The summed E-state index contributed by atoms with van der Waals surface area (Å²) in [4.78, 5) is 0. The molecule has 0 amide bonds. The summed E-state index contributed by atoms with van der Waals surface area (Å²) >= 11 is 0. The van der Waals surface area contributed by atoms with Gasteiger partial charge in [0.25, 0.3) is 0 Å². The highest BCUT2D eigenvalue weighted by molar-refractivity contribution is 4.72. The van der Waals surface area contributed by atoms with E-state index in [1.807, 2.05) is 0 Å². The Labute approximate surface area is 114 Å². The van der Waals surface area contributed by atoms with Crippen molar-refractivity contribution in [1.82, 2.24) is 0 Å². The Hall–Kier alpha value is -0.120. The standard InChI is InChI=1S/C15H34N2O/c1-14(2,8-5-6-11-16)10-13-18-15(3,4)9-7-12-17/h5-13,16-17H2,1-4H3. The fraction of sp³-hybridized carbons (Fsp3) is 1.00. The van der Waals surface area contributed by atoms with Crippen LogP contribution in [0.25, 0.3) is 0 Å². The van der Waals surface area contributed by atoms with E-state index in [1.165, 1.54) is 12.8 Å². The van der Waals surface area contributed by atoms with Crippen LogP contribution in [0.1, 0.15) is 66.2 Å². The molecule has 0 aliphatic carbocycles. The number of ether oxygens (including phenoxy) is 1. The zero-order valence-electron chi connectivity index (χ0n) is 12.9. The highest BCUT2D eigenvalue weighted by Gasteiger charge is 2.21. The van der Waals surface area contributed by atoms with Crippen molar-refractivity contribution in [2.75, 3.05) is 19.7 Å². The van der Waals surface area contributed by atoms with Gasteiger partial charge in [-0.15, -0.1) is 0 Å². The van der Waals surface area contributed by atoms with E-state index < -0.39 is 0 Å².